The number of benzene rings is 1. The van der Waals surface area contributed by atoms with Gasteiger partial charge in [0.25, 0.3) is 0 Å². The van der Waals surface area contributed by atoms with Crippen molar-refractivity contribution in [3.63, 3.8) is 0 Å². The van der Waals surface area contributed by atoms with E-state index in [1.807, 2.05) is 13.1 Å². The van der Waals surface area contributed by atoms with Crippen LogP contribution in [-0.4, -0.2) is 21.3 Å². The summed E-state index contributed by atoms with van der Waals surface area (Å²) < 4.78 is 8.17. The predicted molar refractivity (Wildman–Crippen MR) is 129 cm³/mol. The molecule has 1 aromatic carbocycles. The highest BCUT2D eigenvalue weighted by Gasteiger charge is 2.39. The number of hydrogen-bond donors (Lipinski definition) is 1. The lowest BCUT2D eigenvalue weighted by Gasteiger charge is -2.33. The van der Waals surface area contributed by atoms with Gasteiger partial charge in [0.1, 0.15) is 23.2 Å². The maximum atomic E-state index is 10.1. The number of aryl methyl sites for hydroxylation is 1. The fraction of sp³-hybridized carbons (Fsp3) is 0.444. The smallest absolute Gasteiger partial charge is 0.205 e. The van der Waals surface area contributed by atoms with Crippen molar-refractivity contribution in [2.24, 2.45) is 16.6 Å². The molecule has 3 heterocycles. The zero-order valence-electron chi connectivity index (χ0n) is 19.4. The quantitative estimate of drug-likeness (QED) is 0.686. The largest absolute Gasteiger partial charge is 0.444 e. The van der Waals surface area contributed by atoms with E-state index in [0.29, 0.717) is 11.5 Å². The summed E-state index contributed by atoms with van der Waals surface area (Å²) in [5.41, 5.74) is 11.1. The van der Waals surface area contributed by atoms with Gasteiger partial charge in [0.2, 0.25) is 5.88 Å². The first-order chi connectivity index (χ1) is 16.1. The second kappa shape index (κ2) is 8.90. The average Bonchev–Trinajstić information content (AvgIpc) is 3.20. The standard InChI is InChI=1S/C27H31N5O/c1-17-8-13-23-25(26(31-17)20-6-4-3-5-7-20)24(22(16-28)27(29)33-23)19-9-11-21(12-10-19)32-15-14-30-18(32)2/h9-12,14-15,17,20,24H,3-8,13,29H2,1-2H3. The molecule has 5 rings (SSSR count). The molecule has 2 atom stereocenters. The summed E-state index contributed by atoms with van der Waals surface area (Å²) in [7, 11) is 0. The van der Waals surface area contributed by atoms with Crippen LogP contribution in [-0.2, 0) is 4.74 Å². The van der Waals surface area contributed by atoms with Gasteiger partial charge in [-0.1, -0.05) is 31.4 Å². The van der Waals surface area contributed by atoms with E-state index in [-0.39, 0.29) is 17.8 Å². The van der Waals surface area contributed by atoms with E-state index >= 15 is 0 Å². The third kappa shape index (κ3) is 3.97. The van der Waals surface area contributed by atoms with Crippen LogP contribution >= 0.6 is 0 Å². The van der Waals surface area contributed by atoms with Gasteiger partial charge < -0.3 is 15.0 Å². The van der Waals surface area contributed by atoms with Gasteiger partial charge in [-0.3, -0.25) is 4.99 Å². The summed E-state index contributed by atoms with van der Waals surface area (Å²) in [6, 6.07) is 11.0. The predicted octanol–water partition coefficient (Wildman–Crippen LogP) is 5.45. The van der Waals surface area contributed by atoms with Crippen LogP contribution in [0.4, 0.5) is 0 Å². The first-order valence-electron chi connectivity index (χ1n) is 12.1. The fourth-order valence-corrected chi connectivity index (χ4v) is 5.51. The molecule has 170 valence electrons. The minimum absolute atomic E-state index is 0.230. The highest BCUT2D eigenvalue weighted by atomic mass is 16.5. The molecule has 1 saturated carbocycles. The molecule has 1 aliphatic carbocycles. The normalized spacial score (nSPS) is 24.0. The lowest BCUT2D eigenvalue weighted by atomic mass is 9.74. The third-order valence-electron chi connectivity index (χ3n) is 7.24. The Hall–Kier alpha value is -3.33. The first-order valence-corrected chi connectivity index (χ1v) is 12.1. The number of imidazole rings is 1. The molecule has 6 heteroatoms. The van der Waals surface area contributed by atoms with Crippen LogP contribution < -0.4 is 5.73 Å². The maximum Gasteiger partial charge on any atom is 0.205 e. The number of hydrogen-bond acceptors (Lipinski definition) is 5. The Morgan fingerprint density at radius 2 is 1.88 bits per heavy atom. The van der Waals surface area contributed by atoms with Gasteiger partial charge in [0.15, 0.2) is 0 Å². The van der Waals surface area contributed by atoms with Crippen LogP contribution in [0.2, 0.25) is 0 Å². The monoisotopic (exact) mass is 441 g/mol. The summed E-state index contributed by atoms with van der Waals surface area (Å²) in [6.07, 6.45) is 11.5. The molecular formula is C27H31N5O. The number of nitriles is 1. The van der Waals surface area contributed by atoms with E-state index in [4.69, 9.17) is 15.5 Å². The summed E-state index contributed by atoms with van der Waals surface area (Å²) in [5.74, 6) is 2.24. The van der Waals surface area contributed by atoms with E-state index in [1.54, 1.807) is 6.20 Å². The molecule has 3 aliphatic rings. The van der Waals surface area contributed by atoms with Gasteiger partial charge in [-0.15, -0.1) is 0 Å². The van der Waals surface area contributed by atoms with Gasteiger partial charge in [-0.25, -0.2) is 4.98 Å². The second-order valence-corrected chi connectivity index (χ2v) is 9.43. The zero-order chi connectivity index (χ0) is 22.9. The summed E-state index contributed by atoms with van der Waals surface area (Å²) in [5, 5.41) is 10.1. The number of nitrogens with two attached hydrogens (primary N) is 1. The average molecular weight is 442 g/mol. The van der Waals surface area contributed by atoms with Crippen LogP contribution in [0, 0.1) is 24.2 Å². The van der Waals surface area contributed by atoms with Crippen LogP contribution in [0.5, 0.6) is 0 Å². The first kappa shape index (κ1) is 21.5. The SMILES string of the molecule is Cc1nccn1-c1ccc(C2C(C#N)=C(N)OC3=C2C(C2CCCCC2)=NC(C)CC3)cc1. The lowest BCUT2D eigenvalue weighted by molar-refractivity contribution is 0.265. The number of aromatic nitrogens is 2. The van der Waals surface area contributed by atoms with Crippen LogP contribution in [0.3, 0.4) is 0 Å². The highest BCUT2D eigenvalue weighted by molar-refractivity contribution is 6.05. The Morgan fingerprint density at radius 1 is 1.12 bits per heavy atom. The second-order valence-electron chi connectivity index (χ2n) is 9.43. The Balaban J connectivity index is 1.61. The van der Waals surface area contributed by atoms with Gasteiger partial charge in [-0.05, 0) is 50.8 Å². The van der Waals surface area contributed by atoms with Gasteiger partial charge >= 0.3 is 0 Å². The van der Waals surface area contributed by atoms with Crippen LogP contribution in [0.15, 0.2) is 64.4 Å². The lowest BCUT2D eigenvalue weighted by Crippen LogP contribution is -2.29. The fourth-order valence-electron chi connectivity index (χ4n) is 5.51. The van der Waals surface area contributed by atoms with Gasteiger partial charge in [0, 0.05) is 47.7 Å². The summed E-state index contributed by atoms with van der Waals surface area (Å²) in [6.45, 7) is 4.17. The molecule has 6 nitrogen and oxygen atoms in total. The number of allylic oxidation sites excluding steroid dienone is 3. The van der Waals surface area contributed by atoms with Crippen LogP contribution in [0.1, 0.15) is 69.2 Å². The zero-order valence-corrected chi connectivity index (χ0v) is 19.4. The molecule has 0 radical (unpaired) electrons. The molecule has 1 aromatic heterocycles. The molecular weight excluding hydrogens is 410 g/mol. The van der Waals surface area contributed by atoms with Crippen molar-refractivity contribution in [3.8, 4) is 11.8 Å². The molecule has 2 aromatic rings. The molecule has 0 spiro atoms. The Labute approximate surface area is 195 Å². The molecule has 2 N–H and O–H groups in total. The van der Waals surface area contributed by atoms with Crippen molar-refractivity contribution in [1.29, 1.82) is 5.26 Å². The van der Waals surface area contributed by atoms with Crippen molar-refractivity contribution in [2.45, 2.75) is 70.8 Å². The summed E-state index contributed by atoms with van der Waals surface area (Å²) in [4.78, 5) is 9.55. The number of ether oxygens (including phenoxy) is 1. The van der Waals surface area contributed by atoms with E-state index in [9.17, 15) is 5.26 Å². The Kier molecular flexibility index (Phi) is 5.80. The minimum atomic E-state index is -0.248. The molecule has 2 aliphatic heterocycles. The van der Waals surface area contributed by atoms with Gasteiger partial charge in [0.05, 0.1) is 5.92 Å². The van der Waals surface area contributed by atoms with Crippen molar-refractivity contribution in [3.05, 3.63) is 70.8 Å². The number of nitrogens with zero attached hydrogens (tertiary/aromatic N) is 4. The Morgan fingerprint density at radius 3 is 2.55 bits per heavy atom. The molecule has 33 heavy (non-hydrogen) atoms. The molecule has 0 saturated heterocycles. The number of rotatable bonds is 3. The van der Waals surface area contributed by atoms with Crippen molar-refractivity contribution >= 4 is 5.71 Å². The van der Waals surface area contributed by atoms with E-state index in [1.165, 1.54) is 19.3 Å². The van der Waals surface area contributed by atoms with Crippen molar-refractivity contribution in [2.75, 3.05) is 0 Å². The molecule has 1 fully saturated rings. The van der Waals surface area contributed by atoms with Crippen molar-refractivity contribution in [1.82, 2.24) is 9.55 Å². The number of aliphatic imine (C=N–C) groups is 1. The van der Waals surface area contributed by atoms with E-state index in [0.717, 1.165) is 59.8 Å². The molecule has 2 unspecified atom stereocenters. The van der Waals surface area contributed by atoms with Crippen LogP contribution in [0.25, 0.3) is 5.69 Å². The third-order valence-corrected chi connectivity index (χ3v) is 7.24. The highest BCUT2D eigenvalue weighted by Crippen LogP contribution is 2.45. The minimum Gasteiger partial charge on any atom is -0.444 e. The summed E-state index contributed by atoms with van der Waals surface area (Å²) >= 11 is 0. The van der Waals surface area contributed by atoms with E-state index < -0.39 is 0 Å². The molecule has 0 amide bonds. The van der Waals surface area contributed by atoms with E-state index in [2.05, 4.69) is 46.8 Å². The molecule has 0 bridgehead atoms. The topological polar surface area (TPSA) is 89.2 Å². The maximum absolute atomic E-state index is 10.1. The Bertz CT molecular complexity index is 1170. The van der Waals surface area contributed by atoms with Crippen molar-refractivity contribution < 1.29 is 4.74 Å². The van der Waals surface area contributed by atoms with Gasteiger partial charge in [-0.2, -0.15) is 5.26 Å².